The van der Waals surface area contributed by atoms with Crippen molar-refractivity contribution in [2.24, 2.45) is 0 Å². The molecule has 0 aromatic heterocycles. The van der Waals surface area contributed by atoms with Crippen molar-refractivity contribution in [3.8, 4) is 11.5 Å². The Balaban J connectivity index is 1.10. The number of carboxylic acid groups (broad SMARTS) is 2. The number of ether oxygens (including phenoxy) is 2. The highest BCUT2D eigenvalue weighted by atomic mass is 16.5. The quantitative estimate of drug-likeness (QED) is 0.213. The molecule has 0 bridgehead atoms. The molecule has 0 unspecified atom stereocenters. The second-order valence-corrected chi connectivity index (χ2v) is 9.71. The number of benzene rings is 4. The number of hydrogen-bond donors (Lipinski definition) is 2. The van der Waals surface area contributed by atoms with Gasteiger partial charge in [-0.15, -0.1) is 0 Å². The molecule has 2 aliphatic heterocycles. The van der Waals surface area contributed by atoms with Gasteiger partial charge in [-0.05, 0) is 72.8 Å². The van der Waals surface area contributed by atoms with E-state index in [0.717, 1.165) is 9.80 Å². The van der Waals surface area contributed by atoms with E-state index in [1.807, 2.05) is 0 Å². The number of aromatic carboxylic acids is 2. The highest BCUT2D eigenvalue weighted by molar-refractivity contribution is 6.35. The van der Waals surface area contributed by atoms with Crippen LogP contribution in [0.5, 0.6) is 11.5 Å². The Hall–Kier alpha value is -6.30. The lowest BCUT2D eigenvalue weighted by Crippen LogP contribution is -2.29. The van der Waals surface area contributed by atoms with Crippen LogP contribution in [0.2, 0.25) is 0 Å². The molecule has 2 aliphatic rings. The van der Waals surface area contributed by atoms with E-state index in [4.69, 9.17) is 9.47 Å². The predicted molar refractivity (Wildman–Crippen MR) is 153 cm³/mol. The normalized spacial score (nSPS) is 13.6. The molecule has 218 valence electrons. The Morgan fingerprint density at radius 3 is 1.30 bits per heavy atom. The number of fused-ring (bicyclic) bond motifs is 2. The Bertz CT molecular complexity index is 1790. The van der Waals surface area contributed by atoms with Crippen molar-refractivity contribution in [2.75, 3.05) is 23.0 Å². The summed E-state index contributed by atoms with van der Waals surface area (Å²) in [5, 5.41) is 18.5. The summed E-state index contributed by atoms with van der Waals surface area (Å²) >= 11 is 0. The Morgan fingerprint density at radius 1 is 0.523 bits per heavy atom. The summed E-state index contributed by atoms with van der Waals surface area (Å²) in [5.41, 5.74) is 0.664. The number of anilines is 2. The average molecular weight is 593 g/mol. The predicted octanol–water partition coefficient (Wildman–Crippen LogP) is 4.14. The van der Waals surface area contributed by atoms with Gasteiger partial charge in [-0.1, -0.05) is 12.1 Å². The Morgan fingerprint density at radius 2 is 0.909 bits per heavy atom. The molecule has 0 saturated carbocycles. The van der Waals surface area contributed by atoms with Crippen LogP contribution < -0.4 is 19.3 Å². The van der Waals surface area contributed by atoms with Gasteiger partial charge in [0.1, 0.15) is 24.7 Å². The lowest BCUT2D eigenvalue weighted by molar-refractivity contribution is 0.0686. The van der Waals surface area contributed by atoms with Gasteiger partial charge in [-0.3, -0.25) is 19.2 Å². The molecule has 44 heavy (non-hydrogen) atoms. The second-order valence-electron chi connectivity index (χ2n) is 9.71. The highest BCUT2D eigenvalue weighted by Crippen LogP contribution is 2.33. The van der Waals surface area contributed by atoms with Gasteiger partial charge in [0.25, 0.3) is 23.6 Å². The molecule has 0 fully saturated rings. The lowest BCUT2D eigenvalue weighted by Gasteiger charge is -2.14. The van der Waals surface area contributed by atoms with Crippen LogP contribution in [0.4, 0.5) is 11.4 Å². The maximum absolute atomic E-state index is 13.1. The van der Waals surface area contributed by atoms with Crippen LogP contribution in [0.3, 0.4) is 0 Å². The molecular formula is C32H20N2O10. The molecule has 0 atom stereocenters. The fraction of sp³-hybridized carbons (Fsp3) is 0.0625. The molecule has 2 N–H and O–H groups in total. The molecule has 12 heteroatoms. The van der Waals surface area contributed by atoms with E-state index in [9.17, 15) is 39.0 Å². The summed E-state index contributed by atoms with van der Waals surface area (Å²) in [7, 11) is 0. The first-order valence-corrected chi connectivity index (χ1v) is 13.1. The molecule has 0 saturated heterocycles. The zero-order chi connectivity index (χ0) is 31.1. The van der Waals surface area contributed by atoms with Gasteiger partial charge >= 0.3 is 11.9 Å². The topological polar surface area (TPSA) is 168 Å². The molecule has 4 aromatic carbocycles. The van der Waals surface area contributed by atoms with Gasteiger partial charge in [0.05, 0.1) is 44.8 Å². The van der Waals surface area contributed by atoms with Crippen molar-refractivity contribution in [2.45, 2.75) is 0 Å². The third-order valence-electron chi connectivity index (χ3n) is 7.04. The highest BCUT2D eigenvalue weighted by Gasteiger charge is 2.38. The second kappa shape index (κ2) is 10.8. The van der Waals surface area contributed by atoms with Gasteiger partial charge in [-0.25, -0.2) is 19.4 Å². The first-order valence-electron chi connectivity index (χ1n) is 13.1. The van der Waals surface area contributed by atoms with Crippen LogP contribution in [-0.4, -0.2) is 59.0 Å². The van der Waals surface area contributed by atoms with Gasteiger partial charge < -0.3 is 19.7 Å². The van der Waals surface area contributed by atoms with Crippen molar-refractivity contribution in [3.05, 3.63) is 118 Å². The largest absolute Gasteiger partial charge is 0.490 e. The maximum atomic E-state index is 13.1. The van der Waals surface area contributed by atoms with Gasteiger partial charge in [0.15, 0.2) is 0 Å². The summed E-state index contributed by atoms with van der Waals surface area (Å²) in [6, 6.07) is 19.8. The molecule has 0 spiro atoms. The molecule has 0 radical (unpaired) electrons. The fourth-order valence-electron chi connectivity index (χ4n) is 4.96. The van der Waals surface area contributed by atoms with Gasteiger partial charge in [-0.2, -0.15) is 0 Å². The Kier molecular flexibility index (Phi) is 6.86. The first-order chi connectivity index (χ1) is 21.1. The van der Waals surface area contributed by atoms with Crippen LogP contribution in [0.25, 0.3) is 0 Å². The summed E-state index contributed by atoms with van der Waals surface area (Å²) in [5.74, 6) is -4.18. The van der Waals surface area contributed by atoms with Crippen molar-refractivity contribution in [3.63, 3.8) is 0 Å². The smallest absolute Gasteiger partial charge is 0.335 e. The first kappa shape index (κ1) is 27.8. The SMILES string of the molecule is O=C(O)c1cccc(N2C(=O)c3ccc(OCCOc4ccc5c(c4)C(=O)N(c4cccc(C(=O)O)c4)C5=O)cc3C2=O)c1. The summed E-state index contributed by atoms with van der Waals surface area (Å²) in [4.78, 5) is 76.4. The average Bonchev–Trinajstić information content (AvgIpc) is 3.42. The third kappa shape index (κ3) is 4.79. The van der Waals surface area contributed by atoms with Crippen molar-refractivity contribution < 1.29 is 48.5 Å². The third-order valence-corrected chi connectivity index (χ3v) is 7.04. The van der Waals surface area contributed by atoms with E-state index in [2.05, 4.69) is 0 Å². The van der Waals surface area contributed by atoms with E-state index in [1.165, 1.54) is 84.9 Å². The number of rotatable bonds is 9. The van der Waals surface area contributed by atoms with E-state index in [-0.39, 0.29) is 58.0 Å². The van der Waals surface area contributed by atoms with Crippen LogP contribution in [-0.2, 0) is 0 Å². The van der Waals surface area contributed by atoms with Gasteiger partial charge in [0, 0.05) is 0 Å². The standard InChI is InChI=1S/C32H20N2O10/c35-27-23-9-7-21(15-25(23)29(37)33(27)19-5-1-3-17(13-19)31(39)40)43-11-12-44-22-8-10-24-26(16-22)30(38)34(28(24)36)20-6-2-4-18(14-20)32(41)42/h1-10,13-16H,11-12H2,(H,39,40)(H,41,42). The number of carbonyl (C=O) groups excluding carboxylic acids is 4. The van der Waals surface area contributed by atoms with Crippen molar-refractivity contribution >= 4 is 46.9 Å². The number of nitrogens with zero attached hydrogens (tertiary/aromatic N) is 2. The number of hydrogen-bond acceptors (Lipinski definition) is 8. The monoisotopic (exact) mass is 592 g/mol. The lowest BCUT2D eigenvalue weighted by atomic mass is 10.1. The van der Waals surface area contributed by atoms with E-state index in [1.54, 1.807) is 0 Å². The maximum Gasteiger partial charge on any atom is 0.335 e. The zero-order valence-electron chi connectivity index (χ0n) is 22.6. The number of carboxylic acids is 2. The molecular weight excluding hydrogens is 572 g/mol. The molecule has 0 aliphatic carbocycles. The minimum atomic E-state index is -1.19. The zero-order valence-corrected chi connectivity index (χ0v) is 22.6. The molecule has 2 heterocycles. The summed E-state index contributed by atoms with van der Waals surface area (Å²) in [6.07, 6.45) is 0. The summed E-state index contributed by atoms with van der Waals surface area (Å²) < 4.78 is 11.4. The number of carbonyl (C=O) groups is 6. The Labute approximate surface area is 248 Å². The molecule has 12 nitrogen and oxygen atoms in total. The van der Waals surface area contributed by atoms with Crippen molar-refractivity contribution in [1.29, 1.82) is 0 Å². The minimum Gasteiger partial charge on any atom is -0.490 e. The van der Waals surface area contributed by atoms with E-state index >= 15 is 0 Å². The number of imide groups is 2. The van der Waals surface area contributed by atoms with Crippen LogP contribution in [0.15, 0.2) is 84.9 Å². The number of amides is 4. The van der Waals surface area contributed by atoms with Crippen LogP contribution >= 0.6 is 0 Å². The van der Waals surface area contributed by atoms with E-state index in [0.29, 0.717) is 11.5 Å². The van der Waals surface area contributed by atoms with Crippen LogP contribution in [0.1, 0.15) is 62.1 Å². The van der Waals surface area contributed by atoms with Crippen molar-refractivity contribution in [1.82, 2.24) is 0 Å². The minimum absolute atomic E-state index is 0.0311. The fourth-order valence-corrected chi connectivity index (χ4v) is 4.96. The van der Waals surface area contributed by atoms with Gasteiger partial charge in [0.2, 0.25) is 0 Å². The molecule has 6 rings (SSSR count). The molecule has 4 aromatic rings. The molecule has 4 amide bonds. The van der Waals surface area contributed by atoms with E-state index < -0.39 is 35.6 Å². The van der Waals surface area contributed by atoms with Crippen LogP contribution in [0, 0.1) is 0 Å². The summed E-state index contributed by atoms with van der Waals surface area (Å²) in [6.45, 7) is 0.0622.